The Balaban J connectivity index is 1.25. The number of hydrogen-bond donors (Lipinski definition) is 1. The highest BCUT2D eigenvalue weighted by atomic mass is 79.9. The molecule has 2 aliphatic heterocycles. The zero-order valence-electron chi connectivity index (χ0n) is 30.2. The Morgan fingerprint density at radius 2 is 1.67 bits per heavy atom. The molecule has 3 aliphatic rings. The topological polar surface area (TPSA) is 76.1 Å². The van der Waals surface area contributed by atoms with Gasteiger partial charge in [-0.25, -0.2) is 0 Å². The second kappa shape index (κ2) is 15.0. The molecule has 0 spiro atoms. The number of hydrogen-bond acceptors (Lipinski definition) is 6. The molecule has 2 saturated heterocycles. The van der Waals surface area contributed by atoms with Crippen LogP contribution in [0.3, 0.4) is 0 Å². The lowest BCUT2D eigenvalue weighted by Gasteiger charge is -2.44. The molecular weight excluding hydrogens is 751 g/mol. The van der Waals surface area contributed by atoms with Gasteiger partial charge in [0, 0.05) is 20.8 Å². The number of amides is 2. The first-order valence-electron chi connectivity index (χ1n) is 18.1. The summed E-state index contributed by atoms with van der Waals surface area (Å²) in [5, 5.41) is 14.6. The Morgan fingerprint density at radius 1 is 0.981 bits per heavy atom. The van der Waals surface area contributed by atoms with Crippen molar-refractivity contribution in [2.45, 2.75) is 64.6 Å². The van der Waals surface area contributed by atoms with Gasteiger partial charge in [0.2, 0.25) is 11.8 Å². The van der Waals surface area contributed by atoms with Gasteiger partial charge in [-0.15, -0.1) is 11.3 Å². The predicted octanol–water partition coefficient (Wildman–Crippen LogP) is 8.49. The van der Waals surface area contributed by atoms with E-state index < -0.39 is 20.2 Å². The van der Waals surface area contributed by atoms with Crippen LogP contribution in [0.5, 0.6) is 5.75 Å². The molecule has 0 unspecified atom stereocenters. The Bertz CT molecular complexity index is 1950. The molecule has 7 rings (SSSR count). The SMILES string of the molecule is C/C(=C\c1cc(Br)ccc1O)CC[C@H]1OC[C@H]2C1=C(CO[Si](c1ccccc1)(c1ccccc1)C(C)(C)C)C[C@H]1C(=O)N(Cc3cccs3)C(=O)[C@H]12. The fraction of sp³-hybridized carbons (Fsp3) is 0.349. The number of rotatable bonds is 11. The lowest BCUT2D eigenvalue weighted by atomic mass is 9.69. The van der Waals surface area contributed by atoms with Gasteiger partial charge >= 0.3 is 0 Å². The number of phenolic OH excluding ortho intramolecular Hbond substituents is 1. The third kappa shape index (κ3) is 6.94. The van der Waals surface area contributed by atoms with Gasteiger partial charge < -0.3 is 14.3 Å². The highest BCUT2D eigenvalue weighted by Gasteiger charge is 2.58. The lowest BCUT2D eigenvalue weighted by molar-refractivity contribution is -0.140. The van der Waals surface area contributed by atoms with Gasteiger partial charge in [0.25, 0.3) is 8.32 Å². The lowest BCUT2D eigenvalue weighted by Crippen LogP contribution is -2.66. The zero-order valence-corrected chi connectivity index (χ0v) is 33.6. The van der Waals surface area contributed by atoms with Crippen LogP contribution in [0.15, 0.2) is 118 Å². The molecule has 9 heteroatoms. The largest absolute Gasteiger partial charge is 0.507 e. The summed E-state index contributed by atoms with van der Waals surface area (Å²) in [6, 6.07) is 30.6. The van der Waals surface area contributed by atoms with Crippen molar-refractivity contribution in [2.75, 3.05) is 13.2 Å². The predicted molar refractivity (Wildman–Crippen MR) is 214 cm³/mol. The van der Waals surface area contributed by atoms with Crippen molar-refractivity contribution in [1.29, 1.82) is 0 Å². The van der Waals surface area contributed by atoms with E-state index in [1.54, 1.807) is 17.4 Å². The first-order valence-corrected chi connectivity index (χ1v) is 21.7. The van der Waals surface area contributed by atoms with E-state index in [4.69, 9.17) is 9.16 Å². The smallest absolute Gasteiger partial charge is 0.261 e. The fourth-order valence-corrected chi connectivity index (χ4v) is 14.3. The molecule has 0 saturated carbocycles. The molecule has 0 radical (unpaired) electrons. The summed E-state index contributed by atoms with van der Waals surface area (Å²) in [4.78, 5) is 30.8. The van der Waals surface area contributed by atoms with Crippen molar-refractivity contribution in [3.8, 4) is 5.75 Å². The highest BCUT2D eigenvalue weighted by molar-refractivity contribution is 9.10. The number of thiophene rings is 1. The molecule has 0 bridgehead atoms. The zero-order chi connectivity index (χ0) is 36.6. The van der Waals surface area contributed by atoms with Crippen LogP contribution < -0.4 is 10.4 Å². The van der Waals surface area contributed by atoms with Crippen molar-refractivity contribution < 1.29 is 23.9 Å². The number of halogens is 1. The van der Waals surface area contributed by atoms with Gasteiger partial charge in [0.15, 0.2) is 0 Å². The summed E-state index contributed by atoms with van der Waals surface area (Å²) in [5.74, 6) is -0.962. The van der Waals surface area contributed by atoms with Crippen LogP contribution in [-0.2, 0) is 25.3 Å². The fourth-order valence-electron chi connectivity index (χ4n) is 8.68. The Kier molecular flexibility index (Phi) is 10.6. The van der Waals surface area contributed by atoms with Gasteiger partial charge in [-0.05, 0) is 82.4 Å². The first kappa shape index (κ1) is 36.7. The molecule has 6 nitrogen and oxygen atoms in total. The number of fused-ring (bicyclic) bond motifs is 3. The number of nitrogens with zero attached hydrogens (tertiary/aromatic N) is 1. The van der Waals surface area contributed by atoms with E-state index in [1.165, 1.54) is 15.3 Å². The number of carbonyl (C=O) groups is 2. The summed E-state index contributed by atoms with van der Waals surface area (Å²) in [5.41, 5.74) is 4.13. The van der Waals surface area contributed by atoms with Gasteiger partial charge in [0.05, 0.1) is 37.7 Å². The average molecular weight is 797 g/mol. The maximum atomic E-state index is 14.2. The molecule has 3 aromatic carbocycles. The quantitative estimate of drug-likeness (QED) is 0.0937. The van der Waals surface area contributed by atoms with Crippen molar-refractivity contribution in [2.24, 2.45) is 17.8 Å². The monoisotopic (exact) mass is 795 g/mol. The number of allylic oxidation sites excluding steroid dienone is 1. The van der Waals surface area contributed by atoms with Crippen molar-refractivity contribution >= 4 is 63.8 Å². The van der Waals surface area contributed by atoms with Gasteiger partial charge in [-0.3, -0.25) is 14.5 Å². The van der Waals surface area contributed by atoms with E-state index in [0.29, 0.717) is 26.2 Å². The van der Waals surface area contributed by atoms with Crippen LogP contribution in [0, 0.1) is 17.8 Å². The molecule has 52 heavy (non-hydrogen) atoms. The Hall–Kier alpha value is -3.60. The van der Waals surface area contributed by atoms with E-state index in [2.05, 4.69) is 92.2 Å². The highest BCUT2D eigenvalue weighted by Crippen LogP contribution is 2.51. The summed E-state index contributed by atoms with van der Waals surface area (Å²) in [6.45, 7) is 10.00. The van der Waals surface area contributed by atoms with E-state index in [-0.39, 0.29) is 34.6 Å². The third-order valence-electron chi connectivity index (χ3n) is 11.1. The van der Waals surface area contributed by atoms with E-state index in [1.807, 2.05) is 47.9 Å². The van der Waals surface area contributed by atoms with Crippen molar-refractivity contribution in [3.05, 3.63) is 128 Å². The summed E-state index contributed by atoms with van der Waals surface area (Å²) in [6.07, 6.45) is 3.79. The Morgan fingerprint density at radius 3 is 2.31 bits per heavy atom. The maximum absolute atomic E-state index is 14.2. The number of aromatic hydroxyl groups is 1. The molecule has 4 atom stereocenters. The van der Waals surface area contributed by atoms with Crippen LogP contribution in [-0.4, -0.2) is 49.5 Å². The van der Waals surface area contributed by atoms with Gasteiger partial charge in [0.1, 0.15) is 5.75 Å². The van der Waals surface area contributed by atoms with E-state index >= 15 is 0 Å². The van der Waals surface area contributed by atoms with Crippen LogP contribution in [0.4, 0.5) is 0 Å². The minimum atomic E-state index is -2.88. The standard InChI is InChI=1S/C43H46BrNO5SSi/c1-28(22-29-23-31(44)18-19-37(29)46)17-20-38-39-30(24-35-40(36(39)27-49-38)42(48)45(41(35)47)25-32-12-11-21-51-32)26-50-52(43(2,3)4,33-13-7-5-8-14-33)34-15-9-6-10-16-34/h5-16,18-19,21-23,35-36,38,40,46H,17,20,24-27H2,1-4H3/b28-22+/t35-,36+,38-,40-/m1/s1. The number of phenols is 1. The maximum Gasteiger partial charge on any atom is 0.261 e. The van der Waals surface area contributed by atoms with Crippen molar-refractivity contribution in [1.82, 2.24) is 4.90 Å². The minimum absolute atomic E-state index is 0.0803. The molecule has 3 heterocycles. The normalized spacial score (nSPS) is 22.2. The molecule has 4 aromatic rings. The Labute approximate surface area is 320 Å². The summed E-state index contributed by atoms with van der Waals surface area (Å²) in [7, 11) is -2.88. The van der Waals surface area contributed by atoms with Gasteiger partial charge in [-0.1, -0.05) is 115 Å². The van der Waals surface area contributed by atoms with Crippen molar-refractivity contribution in [3.63, 3.8) is 0 Å². The van der Waals surface area contributed by atoms with E-state index in [0.717, 1.165) is 44.5 Å². The second-order valence-electron chi connectivity index (χ2n) is 15.4. The van der Waals surface area contributed by atoms with Crippen LogP contribution in [0.1, 0.15) is 57.4 Å². The summed E-state index contributed by atoms with van der Waals surface area (Å²) >= 11 is 5.08. The van der Waals surface area contributed by atoms with Crippen LogP contribution >= 0.6 is 27.3 Å². The average Bonchev–Trinajstić information content (AvgIpc) is 3.86. The number of carbonyl (C=O) groups excluding carboxylic acids is 2. The minimum Gasteiger partial charge on any atom is -0.507 e. The van der Waals surface area contributed by atoms with E-state index in [9.17, 15) is 14.7 Å². The molecular formula is C43H46BrNO5SSi. The molecule has 2 fully saturated rings. The molecule has 2 amide bonds. The molecule has 1 aliphatic carbocycles. The molecule has 270 valence electrons. The first-order chi connectivity index (χ1) is 25.0. The number of likely N-dealkylation sites (tertiary alicyclic amines) is 1. The third-order valence-corrected chi connectivity index (χ3v) is 17.4. The van der Waals surface area contributed by atoms with Gasteiger partial charge in [-0.2, -0.15) is 0 Å². The summed E-state index contributed by atoms with van der Waals surface area (Å²) < 4.78 is 15.0. The molecule has 1 N–H and O–H groups in total. The molecule has 1 aromatic heterocycles. The second-order valence-corrected chi connectivity index (χ2v) is 21.6. The number of imide groups is 1. The number of ether oxygens (including phenoxy) is 1. The van der Waals surface area contributed by atoms with Crippen LogP contribution in [0.25, 0.3) is 6.08 Å². The van der Waals surface area contributed by atoms with Crippen LogP contribution in [0.2, 0.25) is 5.04 Å². The number of benzene rings is 3.